The topological polar surface area (TPSA) is 34.1 Å². The van der Waals surface area contributed by atoms with Gasteiger partial charge in [-0.05, 0) is 19.8 Å². The lowest BCUT2D eigenvalue weighted by molar-refractivity contribution is -0.129. The summed E-state index contributed by atoms with van der Waals surface area (Å²) in [6, 6.07) is 0. The molecule has 0 aromatic rings. The van der Waals surface area contributed by atoms with Crippen molar-refractivity contribution >= 4 is 27.5 Å². The molecule has 0 heterocycles. The molecule has 1 saturated carbocycles. The van der Waals surface area contributed by atoms with Crippen LogP contribution in [0.1, 0.15) is 71.1 Å². The molecule has 3 heteroatoms. The molecule has 0 aromatic heterocycles. The van der Waals surface area contributed by atoms with Crippen LogP contribution in [0.15, 0.2) is 0 Å². The minimum Gasteiger partial charge on any atom is -0.298 e. The molecule has 1 rings (SSSR count). The van der Waals surface area contributed by atoms with Gasteiger partial charge in [-0.25, -0.2) is 0 Å². The fourth-order valence-corrected chi connectivity index (χ4v) is 2.90. The Labute approximate surface area is 113 Å². The van der Waals surface area contributed by atoms with Crippen LogP contribution in [0.3, 0.4) is 0 Å². The summed E-state index contributed by atoms with van der Waals surface area (Å²) in [6.45, 7) is 1.53. The lowest BCUT2D eigenvalue weighted by Crippen LogP contribution is -2.39. The molecule has 0 amide bonds. The van der Waals surface area contributed by atoms with Gasteiger partial charge in [0.05, 0.1) is 0 Å². The average molecular weight is 303 g/mol. The molecule has 0 bridgehead atoms. The van der Waals surface area contributed by atoms with Gasteiger partial charge in [0.25, 0.3) is 0 Å². The molecule has 0 aliphatic heterocycles. The van der Waals surface area contributed by atoms with E-state index in [1.165, 1.54) is 32.6 Å². The highest BCUT2D eigenvalue weighted by Gasteiger charge is 2.38. The van der Waals surface area contributed by atoms with Crippen LogP contribution in [0.25, 0.3) is 0 Å². The Morgan fingerprint density at radius 3 is 2.00 bits per heavy atom. The standard InChI is InChI=1S/C14H23BrO2/c1-12(16)14(15)11-9-7-5-3-2-4-6-8-10-13(14)17/h2-11H2,1H3. The maximum Gasteiger partial charge on any atom is 0.157 e. The molecule has 2 nitrogen and oxygen atoms in total. The van der Waals surface area contributed by atoms with E-state index in [0.717, 1.165) is 25.7 Å². The minimum atomic E-state index is -0.883. The maximum atomic E-state index is 12.1. The number of rotatable bonds is 1. The molecular formula is C14H23BrO2. The SMILES string of the molecule is CC(=O)C1(Br)CCCCCCCCCCC1=O. The molecule has 0 N–H and O–H groups in total. The molecule has 0 radical (unpaired) electrons. The van der Waals surface area contributed by atoms with Crippen LogP contribution in [-0.2, 0) is 9.59 Å². The van der Waals surface area contributed by atoms with Gasteiger partial charge in [-0.3, -0.25) is 9.59 Å². The van der Waals surface area contributed by atoms with Crippen molar-refractivity contribution in [1.82, 2.24) is 0 Å². The van der Waals surface area contributed by atoms with Gasteiger partial charge < -0.3 is 0 Å². The van der Waals surface area contributed by atoms with E-state index in [0.29, 0.717) is 12.8 Å². The van der Waals surface area contributed by atoms with Crippen molar-refractivity contribution in [2.24, 2.45) is 0 Å². The highest BCUT2D eigenvalue weighted by atomic mass is 79.9. The third-order valence-electron chi connectivity index (χ3n) is 3.68. The second kappa shape index (κ2) is 7.30. The van der Waals surface area contributed by atoms with Crippen LogP contribution in [0, 0.1) is 0 Å². The van der Waals surface area contributed by atoms with Gasteiger partial charge >= 0.3 is 0 Å². The molecule has 0 aromatic carbocycles. The van der Waals surface area contributed by atoms with Gasteiger partial charge in [0.15, 0.2) is 11.6 Å². The van der Waals surface area contributed by atoms with Crippen LogP contribution >= 0.6 is 15.9 Å². The van der Waals surface area contributed by atoms with E-state index in [-0.39, 0.29) is 11.6 Å². The van der Waals surface area contributed by atoms with Gasteiger partial charge in [0.2, 0.25) is 0 Å². The van der Waals surface area contributed by atoms with Crippen molar-refractivity contribution in [3.8, 4) is 0 Å². The van der Waals surface area contributed by atoms with Crippen molar-refractivity contribution in [3.05, 3.63) is 0 Å². The molecule has 0 spiro atoms. The summed E-state index contributed by atoms with van der Waals surface area (Å²) >= 11 is 3.42. The van der Waals surface area contributed by atoms with Gasteiger partial charge in [-0.1, -0.05) is 60.9 Å². The van der Waals surface area contributed by atoms with E-state index >= 15 is 0 Å². The van der Waals surface area contributed by atoms with Crippen molar-refractivity contribution in [2.45, 2.75) is 75.5 Å². The predicted octanol–water partition coefficient (Wildman–Crippen LogP) is 4.19. The lowest BCUT2D eigenvalue weighted by atomic mass is 9.89. The maximum absolute atomic E-state index is 12.1. The molecule has 98 valence electrons. The third-order valence-corrected chi connectivity index (χ3v) is 5.07. The molecule has 1 aliphatic carbocycles. The molecule has 1 aliphatic rings. The third kappa shape index (κ3) is 4.53. The second-order valence-electron chi connectivity index (χ2n) is 5.11. The summed E-state index contributed by atoms with van der Waals surface area (Å²) in [6.07, 6.45) is 10.4. The Morgan fingerprint density at radius 2 is 1.47 bits per heavy atom. The van der Waals surface area contributed by atoms with Gasteiger partial charge in [0.1, 0.15) is 4.32 Å². The van der Waals surface area contributed by atoms with Gasteiger partial charge in [-0.2, -0.15) is 0 Å². The first-order chi connectivity index (χ1) is 8.07. The summed E-state index contributed by atoms with van der Waals surface area (Å²) < 4.78 is -0.883. The van der Waals surface area contributed by atoms with Crippen molar-refractivity contribution < 1.29 is 9.59 Å². The summed E-state index contributed by atoms with van der Waals surface area (Å²) in [4.78, 5) is 23.8. The lowest BCUT2D eigenvalue weighted by Gasteiger charge is -2.23. The quantitative estimate of drug-likeness (QED) is 0.537. The van der Waals surface area contributed by atoms with Crippen molar-refractivity contribution in [3.63, 3.8) is 0 Å². The zero-order valence-electron chi connectivity index (χ0n) is 10.8. The van der Waals surface area contributed by atoms with E-state index in [9.17, 15) is 9.59 Å². The fraction of sp³-hybridized carbons (Fsp3) is 0.857. The van der Waals surface area contributed by atoms with E-state index in [4.69, 9.17) is 0 Å². The highest BCUT2D eigenvalue weighted by Crippen LogP contribution is 2.30. The molecule has 17 heavy (non-hydrogen) atoms. The zero-order chi connectivity index (χ0) is 12.7. The number of carbonyl (C=O) groups excluding carboxylic acids is 2. The summed E-state index contributed by atoms with van der Waals surface area (Å²) in [7, 11) is 0. The number of hydrogen-bond donors (Lipinski definition) is 0. The Kier molecular flexibility index (Phi) is 6.39. The van der Waals surface area contributed by atoms with Crippen molar-refractivity contribution in [1.29, 1.82) is 0 Å². The van der Waals surface area contributed by atoms with Crippen LogP contribution in [-0.4, -0.2) is 15.9 Å². The first kappa shape index (κ1) is 14.9. The number of Topliss-reactive ketones (excluding diaryl/α,β-unsaturated/α-hetero) is 2. The van der Waals surface area contributed by atoms with E-state index in [1.54, 1.807) is 0 Å². The number of ketones is 2. The average Bonchev–Trinajstić information content (AvgIpc) is 2.28. The monoisotopic (exact) mass is 302 g/mol. The van der Waals surface area contributed by atoms with Gasteiger partial charge in [0, 0.05) is 6.42 Å². The number of alkyl halides is 1. The summed E-state index contributed by atoms with van der Waals surface area (Å²) in [5.41, 5.74) is 0. The number of hydrogen-bond acceptors (Lipinski definition) is 2. The van der Waals surface area contributed by atoms with E-state index in [1.807, 2.05) is 0 Å². The summed E-state index contributed by atoms with van der Waals surface area (Å²) in [5.74, 6) is 0.0603. The minimum absolute atomic E-state index is 0.0282. The normalized spacial score (nSPS) is 29.2. The molecular weight excluding hydrogens is 280 g/mol. The number of carbonyl (C=O) groups is 2. The number of halogens is 1. The zero-order valence-corrected chi connectivity index (χ0v) is 12.4. The molecule has 1 fully saturated rings. The van der Waals surface area contributed by atoms with Crippen LogP contribution in [0.5, 0.6) is 0 Å². The van der Waals surface area contributed by atoms with Crippen LogP contribution in [0.2, 0.25) is 0 Å². The Balaban J connectivity index is 2.64. The Hall–Kier alpha value is -0.180. The second-order valence-corrected chi connectivity index (χ2v) is 6.46. The summed E-state index contributed by atoms with van der Waals surface area (Å²) in [5, 5.41) is 0. The smallest absolute Gasteiger partial charge is 0.157 e. The van der Waals surface area contributed by atoms with E-state index in [2.05, 4.69) is 15.9 Å². The Bertz CT molecular complexity index is 275. The Morgan fingerprint density at radius 1 is 1.00 bits per heavy atom. The van der Waals surface area contributed by atoms with Gasteiger partial charge in [-0.15, -0.1) is 0 Å². The van der Waals surface area contributed by atoms with Crippen molar-refractivity contribution in [2.75, 3.05) is 0 Å². The molecule has 1 atom stereocenters. The molecule has 0 saturated heterocycles. The van der Waals surface area contributed by atoms with Crippen LogP contribution in [0.4, 0.5) is 0 Å². The van der Waals surface area contributed by atoms with Crippen LogP contribution < -0.4 is 0 Å². The first-order valence-corrected chi connectivity index (χ1v) is 7.60. The highest BCUT2D eigenvalue weighted by molar-refractivity contribution is 9.10. The fourth-order valence-electron chi connectivity index (χ4n) is 2.42. The largest absolute Gasteiger partial charge is 0.298 e. The molecule has 1 unspecified atom stereocenters. The first-order valence-electron chi connectivity index (χ1n) is 6.80. The van der Waals surface area contributed by atoms with E-state index < -0.39 is 4.32 Å². The predicted molar refractivity (Wildman–Crippen MR) is 73.5 cm³/mol.